The molecule has 2 N–H and O–H groups in total. The minimum absolute atomic E-state index is 0.0888. The fourth-order valence-corrected chi connectivity index (χ4v) is 4.00. The molecule has 1 amide bonds. The van der Waals surface area contributed by atoms with Crippen LogP contribution in [-0.4, -0.2) is 18.1 Å². The Labute approximate surface area is 172 Å². The number of ether oxygens (including phenoxy) is 1. The predicted molar refractivity (Wildman–Crippen MR) is 106 cm³/mol. The van der Waals surface area contributed by atoms with Gasteiger partial charge in [0.05, 0.1) is 22.8 Å². The van der Waals surface area contributed by atoms with E-state index in [1.807, 2.05) is 0 Å². The lowest BCUT2D eigenvalue weighted by Crippen LogP contribution is -2.34. The molecular formula is C15H9Br3F2N2O2S. The molecule has 0 unspecified atom stereocenters. The molecule has 0 fully saturated rings. The van der Waals surface area contributed by atoms with Gasteiger partial charge in [0.25, 0.3) is 5.91 Å². The van der Waals surface area contributed by atoms with Gasteiger partial charge in [-0.25, -0.2) is 8.78 Å². The summed E-state index contributed by atoms with van der Waals surface area (Å²) in [5.41, 5.74) is 0.126. The van der Waals surface area contributed by atoms with Gasteiger partial charge < -0.3 is 10.1 Å². The van der Waals surface area contributed by atoms with Crippen molar-refractivity contribution in [2.75, 3.05) is 12.4 Å². The van der Waals surface area contributed by atoms with Crippen molar-refractivity contribution in [3.63, 3.8) is 0 Å². The number of methoxy groups -OCH3 is 1. The van der Waals surface area contributed by atoms with Gasteiger partial charge in [-0.05, 0) is 62.3 Å². The fourth-order valence-electron chi connectivity index (χ4n) is 1.91. The first-order chi connectivity index (χ1) is 11.7. The molecule has 10 heteroatoms. The quantitative estimate of drug-likeness (QED) is 0.496. The average molecular weight is 559 g/mol. The molecule has 0 radical (unpaired) electrons. The second kappa shape index (κ2) is 8.52. The molecule has 0 saturated carbocycles. The van der Waals surface area contributed by atoms with Crippen LogP contribution in [0.4, 0.5) is 14.5 Å². The van der Waals surface area contributed by atoms with Crippen LogP contribution >= 0.6 is 60.0 Å². The van der Waals surface area contributed by atoms with Crippen molar-refractivity contribution in [3.05, 3.63) is 54.9 Å². The summed E-state index contributed by atoms with van der Waals surface area (Å²) in [6.45, 7) is 0. The number of rotatable bonds is 3. The highest BCUT2D eigenvalue weighted by Crippen LogP contribution is 2.32. The Morgan fingerprint density at radius 2 is 1.80 bits per heavy atom. The number of benzene rings is 2. The Balaban J connectivity index is 2.21. The van der Waals surface area contributed by atoms with Gasteiger partial charge in [-0.15, -0.1) is 0 Å². The molecule has 0 heterocycles. The highest BCUT2D eigenvalue weighted by Gasteiger charge is 2.18. The minimum atomic E-state index is -0.855. The van der Waals surface area contributed by atoms with Crippen LogP contribution in [-0.2, 0) is 0 Å². The monoisotopic (exact) mass is 556 g/mol. The summed E-state index contributed by atoms with van der Waals surface area (Å²) in [6, 6.07) is 5.05. The van der Waals surface area contributed by atoms with Gasteiger partial charge in [0.2, 0.25) is 0 Å². The van der Waals surface area contributed by atoms with E-state index in [0.29, 0.717) is 20.8 Å². The standard InChI is InChI=1S/C15H9Br3F2N2O2S/c1-24-13-8(2-6(16)3-10(13)18)14(23)22-15(25)21-12-9(17)4-7(19)5-11(12)20/h2-5H,1H3,(H2,21,22,23,25). The molecule has 0 bridgehead atoms. The molecule has 0 atom stereocenters. The first-order valence-corrected chi connectivity index (χ1v) is 9.31. The molecule has 0 aromatic heterocycles. The Morgan fingerprint density at radius 3 is 2.40 bits per heavy atom. The van der Waals surface area contributed by atoms with Gasteiger partial charge >= 0.3 is 0 Å². The first kappa shape index (κ1) is 20.2. The Bertz CT molecular complexity index is 842. The largest absolute Gasteiger partial charge is 0.495 e. The summed E-state index contributed by atoms with van der Waals surface area (Å²) in [6.07, 6.45) is 0. The summed E-state index contributed by atoms with van der Waals surface area (Å²) < 4.78 is 33.5. The van der Waals surface area contributed by atoms with E-state index < -0.39 is 17.5 Å². The van der Waals surface area contributed by atoms with E-state index in [2.05, 4.69) is 58.4 Å². The number of anilines is 1. The van der Waals surface area contributed by atoms with E-state index >= 15 is 0 Å². The van der Waals surface area contributed by atoms with E-state index in [4.69, 9.17) is 17.0 Å². The SMILES string of the molecule is COc1c(Br)cc(Br)cc1C(=O)NC(=S)Nc1c(F)cc(F)cc1Br. The number of thiocarbonyl (C=S) groups is 1. The number of nitrogens with one attached hydrogen (secondary N) is 2. The maximum Gasteiger partial charge on any atom is 0.261 e. The molecule has 25 heavy (non-hydrogen) atoms. The maximum absolute atomic E-state index is 13.8. The van der Waals surface area contributed by atoms with E-state index in [-0.39, 0.29) is 20.8 Å². The Hall–Kier alpha value is -1.10. The number of halogens is 5. The molecule has 2 aromatic carbocycles. The van der Waals surface area contributed by atoms with E-state index in [1.165, 1.54) is 7.11 Å². The van der Waals surface area contributed by atoms with E-state index in [0.717, 1.165) is 6.07 Å². The zero-order chi connectivity index (χ0) is 18.7. The second-order valence-corrected chi connectivity index (χ2v) is 7.65. The molecule has 0 aliphatic rings. The number of hydrogen-bond acceptors (Lipinski definition) is 3. The zero-order valence-electron chi connectivity index (χ0n) is 12.4. The van der Waals surface area contributed by atoms with Crippen molar-refractivity contribution in [2.45, 2.75) is 0 Å². The smallest absolute Gasteiger partial charge is 0.261 e. The van der Waals surface area contributed by atoms with Gasteiger partial charge in [0.1, 0.15) is 11.6 Å². The average Bonchev–Trinajstić information content (AvgIpc) is 2.50. The highest BCUT2D eigenvalue weighted by molar-refractivity contribution is 9.11. The first-order valence-electron chi connectivity index (χ1n) is 6.52. The van der Waals surface area contributed by atoms with E-state index in [9.17, 15) is 13.6 Å². The van der Waals surface area contributed by atoms with Crippen LogP contribution in [0.2, 0.25) is 0 Å². The van der Waals surface area contributed by atoms with Crippen LogP contribution in [0.15, 0.2) is 37.7 Å². The molecule has 0 spiro atoms. The lowest BCUT2D eigenvalue weighted by atomic mass is 10.2. The number of hydrogen-bond donors (Lipinski definition) is 2. The Morgan fingerprint density at radius 1 is 1.12 bits per heavy atom. The van der Waals surface area contributed by atoms with Crippen LogP contribution in [0, 0.1) is 11.6 Å². The number of carbonyl (C=O) groups excluding carboxylic acids is 1. The van der Waals surface area contributed by atoms with Crippen molar-refractivity contribution in [1.29, 1.82) is 0 Å². The molecule has 0 aliphatic carbocycles. The van der Waals surface area contributed by atoms with Crippen molar-refractivity contribution in [1.82, 2.24) is 5.32 Å². The molecule has 2 aromatic rings. The molecule has 2 rings (SSSR count). The Kier molecular flexibility index (Phi) is 6.89. The molecule has 4 nitrogen and oxygen atoms in total. The van der Waals surface area contributed by atoms with Crippen molar-refractivity contribution in [2.24, 2.45) is 0 Å². The lowest BCUT2D eigenvalue weighted by Gasteiger charge is -2.14. The summed E-state index contributed by atoms with van der Waals surface area (Å²) in [4.78, 5) is 12.4. The van der Waals surface area contributed by atoms with Crippen molar-refractivity contribution < 1.29 is 18.3 Å². The number of amides is 1. The van der Waals surface area contributed by atoms with Crippen LogP contribution in [0.5, 0.6) is 5.75 Å². The zero-order valence-corrected chi connectivity index (χ0v) is 18.0. The molecule has 0 saturated heterocycles. The van der Waals surface area contributed by atoms with Gasteiger partial charge in [0, 0.05) is 15.0 Å². The topological polar surface area (TPSA) is 50.4 Å². The third-order valence-electron chi connectivity index (χ3n) is 2.93. The van der Waals surface area contributed by atoms with Gasteiger partial charge in [-0.2, -0.15) is 0 Å². The third-order valence-corrected chi connectivity index (χ3v) is 4.81. The number of carbonyl (C=O) groups is 1. The van der Waals surface area contributed by atoms with Crippen LogP contribution in [0.3, 0.4) is 0 Å². The molecule has 0 aliphatic heterocycles. The van der Waals surface area contributed by atoms with Crippen LogP contribution in [0.25, 0.3) is 0 Å². The summed E-state index contributed by atoms with van der Waals surface area (Å²) in [5, 5.41) is 4.78. The highest BCUT2D eigenvalue weighted by atomic mass is 79.9. The maximum atomic E-state index is 13.8. The summed E-state index contributed by atoms with van der Waals surface area (Å²) in [7, 11) is 1.42. The van der Waals surface area contributed by atoms with E-state index in [1.54, 1.807) is 12.1 Å². The second-order valence-electron chi connectivity index (χ2n) is 4.62. The van der Waals surface area contributed by atoms with Gasteiger partial charge in [-0.3, -0.25) is 10.1 Å². The molecule has 132 valence electrons. The van der Waals surface area contributed by atoms with Crippen molar-refractivity contribution >= 4 is 76.7 Å². The predicted octanol–water partition coefficient (Wildman–Crippen LogP) is 5.39. The summed E-state index contributed by atoms with van der Waals surface area (Å²) in [5.74, 6) is -1.84. The van der Waals surface area contributed by atoms with Gasteiger partial charge in [0.15, 0.2) is 10.9 Å². The minimum Gasteiger partial charge on any atom is -0.495 e. The third kappa shape index (κ3) is 4.96. The van der Waals surface area contributed by atoms with Crippen molar-refractivity contribution in [3.8, 4) is 5.75 Å². The summed E-state index contributed by atoms with van der Waals surface area (Å²) >= 11 is 14.6. The normalized spacial score (nSPS) is 10.3. The van der Waals surface area contributed by atoms with Crippen LogP contribution < -0.4 is 15.4 Å². The van der Waals surface area contributed by atoms with Crippen LogP contribution in [0.1, 0.15) is 10.4 Å². The fraction of sp³-hybridized carbons (Fsp3) is 0.0667. The lowest BCUT2D eigenvalue weighted by molar-refractivity contribution is 0.0974. The molecular weight excluding hydrogens is 550 g/mol. The van der Waals surface area contributed by atoms with Gasteiger partial charge in [-0.1, -0.05) is 15.9 Å².